The SMILES string of the molecule is [2H]C1(C)C=CN2C1=C(C)N(c1ccccc1C)C2c1c(C)cccc1C. The van der Waals surface area contributed by atoms with E-state index in [-0.39, 0.29) is 6.17 Å². The maximum atomic E-state index is 8.80. The number of aryl methyl sites for hydroxylation is 3. The lowest BCUT2D eigenvalue weighted by Crippen LogP contribution is -2.31. The molecule has 0 saturated carbocycles. The van der Waals surface area contributed by atoms with Crippen LogP contribution < -0.4 is 4.90 Å². The summed E-state index contributed by atoms with van der Waals surface area (Å²) in [5, 5.41) is 0. The van der Waals surface area contributed by atoms with Crippen LogP contribution in [0.4, 0.5) is 5.69 Å². The Labute approximate surface area is 152 Å². The first-order chi connectivity index (χ1) is 12.3. The Morgan fingerprint density at radius 2 is 1.52 bits per heavy atom. The summed E-state index contributed by atoms with van der Waals surface area (Å²) in [6.45, 7) is 10.7. The molecule has 2 aliphatic rings. The summed E-state index contributed by atoms with van der Waals surface area (Å²) in [5.41, 5.74) is 8.60. The van der Waals surface area contributed by atoms with Crippen molar-refractivity contribution in [2.24, 2.45) is 5.89 Å². The predicted molar refractivity (Wildman–Crippen MR) is 105 cm³/mol. The van der Waals surface area contributed by atoms with Gasteiger partial charge in [0, 0.05) is 36.1 Å². The van der Waals surface area contributed by atoms with Gasteiger partial charge in [0.2, 0.25) is 0 Å². The molecular formula is C23H26N2. The minimum absolute atomic E-state index is 0.0516. The van der Waals surface area contributed by atoms with Crippen molar-refractivity contribution in [2.75, 3.05) is 4.90 Å². The molecule has 2 aromatic rings. The lowest BCUT2D eigenvalue weighted by atomic mass is 9.98. The Morgan fingerprint density at radius 3 is 2.20 bits per heavy atom. The van der Waals surface area contributed by atoms with Crippen LogP contribution in [0.5, 0.6) is 0 Å². The first kappa shape index (κ1) is 14.8. The smallest absolute Gasteiger partial charge is 0.136 e. The van der Waals surface area contributed by atoms with Gasteiger partial charge < -0.3 is 9.80 Å². The molecule has 4 rings (SSSR count). The maximum absolute atomic E-state index is 8.80. The van der Waals surface area contributed by atoms with Crippen LogP contribution in [-0.4, -0.2) is 4.90 Å². The van der Waals surface area contributed by atoms with Gasteiger partial charge in [-0.1, -0.05) is 49.4 Å². The first-order valence-electron chi connectivity index (χ1n) is 9.43. The zero-order valence-electron chi connectivity index (χ0n) is 16.7. The Hall–Kier alpha value is -2.48. The monoisotopic (exact) mass is 331 g/mol. The normalized spacial score (nSPS) is 25.6. The molecule has 2 heterocycles. The van der Waals surface area contributed by atoms with Gasteiger partial charge in [0.05, 0.1) is 0 Å². The number of anilines is 1. The lowest BCUT2D eigenvalue weighted by Gasteiger charge is -2.35. The molecular weight excluding hydrogens is 304 g/mol. The van der Waals surface area contributed by atoms with Gasteiger partial charge in [-0.15, -0.1) is 0 Å². The van der Waals surface area contributed by atoms with Crippen LogP contribution >= 0.6 is 0 Å². The van der Waals surface area contributed by atoms with Crippen molar-refractivity contribution >= 4 is 5.69 Å². The minimum atomic E-state index is -0.698. The highest BCUT2D eigenvalue weighted by molar-refractivity contribution is 5.64. The number of benzene rings is 2. The highest BCUT2D eigenvalue weighted by Gasteiger charge is 2.42. The number of hydrogen-bond acceptors (Lipinski definition) is 2. The van der Waals surface area contributed by atoms with Crippen LogP contribution in [0.15, 0.2) is 66.1 Å². The van der Waals surface area contributed by atoms with Gasteiger partial charge in [0.15, 0.2) is 0 Å². The van der Waals surface area contributed by atoms with Crippen molar-refractivity contribution in [1.29, 1.82) is 0 Å². The molecule has 25 heavy (non-hydrogen) atoms. The van der Waals surface area contributed by atoms with E-state index >= 15 is 0 Å². The zero-order chi connectivity index (χ0) is 18.6. The number of fused-ring (bicyclic) bond motifs is 1. The van der Waals surface area contributed by atoms with E-state index < -0.39 is 5.89 Å². The van der Waals surface area contributed by atoms with Crippen LogP contribution in [0, 0.1) is 26.7 Å². The molecule has 2 nitrogen and oxygen atoms in total. The molecule has 2 atom stereocenters. The summed E-state index contributed by atoms with van der Waals surface area (Å²) in [5.74, 6) is -0.698. The van der Waals surface area contributed by atoms with Crippen LogP contribution in [0.25, 0.3) is 0 Å². The van der Waals surface area contributed by atoms with Gasteiger partial charge in [-0.2, -0.15) is 0 Å². The molecule has 0 aliphatic carbocycles. The van der Waals surface area contributed by atoms with Crippen molar-refractivity contribution in [3.8, 4) is 0 Å². The third-order valence-corrected chi connectivity index (χ3v) is 5.50. The third-order valence-electron chi connectivity index (χ3n) is 5.50. The maximum Gasteiger partial charge on any atom is 0.136 e. The van der Waals surface area contributed by atoms with Crippen molar-refractivity contribution in [2.45, 2.75) is 40.8 Å². The van der Waals surface area contributed by atoms with E-state index in [0.29, 0.717) is 0 Å². The van der Waals surface area contributed by atoms with Gasteiger partial charge in [-0.3, -0.25) is 0 Å². The van der Waals surface area contributed by atoms with Crippen LogP contribution in [0.1, 0.15) is 43.6 Å². The molecule has 0 saturated heterocycles. The molecule has 0 N–H and O–H groups in total. The average Bonchev–Trinajstić information content (AvgIpc) is 3.04. The van der Waals surface area contributed by atoms with Crippen LogP contribution in [0.3, 0.4) is 0 Å². The van der Waals surface area contributed by atoms with E-state index in [1.807, 2.05) is 13.0 Å². The molecule has 0 aromatic heterocycles. The van der Waals surface area contributed by atoms with Gasteiger partial charge in [-0.05, 0) is 50.5 Å². The topological polar surface area (TPSA) is 6.48 Å². The van der Waals surface area contributed by atoms with E-state index in [0.717, 1.165) is 11.4 Å². The first-order valence-corrected chi connectivity index (χ1v) is 8.93. The summed E-state index contributed by atoms with van der Waals surface area (Å²) in [6.07, 6.45) is 4.15. The van der Waals surface area contributed by atoms with Gasteiger partial charge in [0.1, 0.15) is 6.17 Å². The molecule has 0 bridgehead atoms. The second kappa shape index (κ2) is 5.80. The second-order valence-electron chi connectivity index (χ2n) is 7.18. The van der Waals surface area contributed by atoms with Crippen LogP contribution in [-0.2, 0) is 0 Å². The zero-order valence-corrected chi connectivity index (χ0v) is 15.7. The third kappa shape index (κ3) is 2.31. The summed E-state index contributed by atoms with van der Waals surface area (Å²) < 4.78 is 8.80. The number of nitrogens with zero attached hydrogens (tertiary/aromatic N) is 2. The van der Waals surface area contributed by atoms with Gasteiger partial charge in [0.25, 0.3) is 0 Å². The molecule has 0 amide bonds. The fourth-order valence-corrected chi connectivity index (χ4v) is 4.30. The molecule has 0 radical (unpaired) electrons. The Bertz CT molecular complexity index is 919. The van der Waals surface area contributed by atoms with E-state index in [9.17, 15) is 0 Å². The lowest BCUT2D eigenvalue weighted by molar-refractivity contribution is 0.377. The summed E-state index contributed by atoms with van der Waals surface area (Å²) in [4.78, 5) is 4.71. The Morgan fingerprint density at radius 1 is 0.880 bits per heavy atom. The van der Waals surface area contributed by atoms with E-state index in [1.54, 1.807) is 0 Å². The molecule has 0 spiro atoms. The summed E-state index contributed by atoms with van der Waals surface area (Å²) in [6, 6.07) is 15.0. The predicted octanol–water partition coefficient (Wildman–Crippen LogP) is 5.83. The Balaban J connectivity index is 1.97. The van der Waals surface area contributed by atoms with Crippen molar-refractivity contribution < 1.29 is 1.37 Å². The molecule has 2 aliphatic heterocycles. The average molecular weight is 331 g/mol. The molecule has 0 fully saturated rings. The van der Waals surface area contributed by atoms with Crippen molar-refractivity contribution in [3.05, 3.63) is 88.4 Å². The Kier molecular flexibility index (Phi) is 3.44. The number of hydrogen-bond donors (Lipinski definition) is 0. The van der Waals surface area contributed by atoms with E-state index in [4.69, 9.17) is 1.37 Å². The molecule has 2 heteroatoms. The van der Waals surface area contributed by atoms with Gasteiger partial charge >= 0.3 is 0 Å². The number of allylic oxidation sites excluding steroid dienone is 2. The molecule has 2 unspecified atom stereocenters. The molecule has 2 aromatic carbocycles. The van der Waals surface area contributed by atoms with Crippen LogP contribution in [0.2, 0.25) is 0 Å². The number of para-hydroxylation sites is 1. The second-order valence-corrected chi connectivity index (χ2v) is 7.18. The van der Waals surface area contributed by atoms with E-state index in [1.165, 1.54) is 27.9 Å². The number of rotatable bonds is 2. The fraction of sp³-hybridized carbons (Fsp3) is 0.304. The summed E-state index contributed by atoms with van der Waals surface area (Å²) in [7, 11) is 0. The summed E-state index contributed by atoms with van der Waals surface area (Å²) >= 11 is 0. The fourth-order valence-electron chi connectivity index (χ4n) is 4.30. The highest BCUT2D eigenvalue weighted by Crippen LogP contribution is 2.49. The van der Waals surface area contributed by atoms with Crippen molar-refractivity contribution in [3.63, 3.8) is 0 Å². The minimum Gasteiger partial charge on any atom is -0.324 e. The van der Waals surface area contributed by atoms with E-state index in [2.05, 4.69) is 86.2 Å². The quantitative estimate of drug-likeness (QED) is 0.683. The van der Waals surface area contributed by atoms with Gasteiger partial charge in [-0.25, -0.2) is 0 Å². The largest absolute Gasteiger partial charge is 0.324 e. The molecule has 128 valence electrons. The highest BCUT2D eigenvalue weighted by atomic mass is 15.4. The standard InChI is InChI=1S/C23H26N2/c1-15-9-6-7-12-20(15)25-19(5)22-18(4)13-14-24(22)23(25)21-16(2)10-8-11-17(21)3/h6-14,18,23H,1-5H3/i18D. The van der Waals surface area contributed by atoms with Crippen molar-refractivity contribution in [1.82, 2.24) is 4.90 Å².